The molecule has 6 heteroatoms. The Morgan fingerprint density at radius 2 is 2.17 bits per heavy atom. The molecule has 0 radical (unpaired) electrons. The topological polar surface area (TPSA) is 94.8 Å². The standard InChI is InChI=1S/C12H20N6/c1-8-3-5-17(7-9(8)2)12(15)18-6-4-16-10(13)11(18)14/h4,6,8-9,14-15H,3,5,7H2,1-2H3,(H2,13,16). The average molecular weight is 248 g/mol. The molecule has 2 unspecified atom stereocenters. The minimum Gasteiger partial charge on any atom is -0.381 e. The quantitative estimate of drug-likeness (QED) is 0.466. The molecule has 18 heavy (non-hydrogen) atoms. The van der Waals surface area contributed by atoms with Crippen molar-refractivity contribution in [1.82, 2.24) is 14.5 Å². The molecule has 1 fully saturated rings. The number of nitrogens with one attached hydrogen (secondary N) is 2. The van der Waals surface area contributed by atoms with Gasteiger partial charge in [-0.2, -0.15) is 0 Å². The van der Waals surface area contributed by atoms with Gasteiger partial charge in [0.1, 0.15) is 0 Å². The maximum absolute atomic E-state index is 8.20. The van der Waals surface area contributed by atoms with Crippen LogP contribution in [0.3, 0.4) is 0 Å². The number of piperidine rings is 1. The molecular weight excluding hydrogens is 228 g/mol. The van der Waals surface area contributed by atoms with Gasteiger partial charge in [-0.1, -0.05) is 13.8 Å². The van der Waals surface area contributed by atoms with Crippen molar-refractivity contribution >= 4 is 11.8 Å². The van der Waals surface area contributed by atoms with Gasteiger partial charge in [0, 0.05) is 25.5 Å². The molecule has 98 valence electrons. The van der Waals surface area contributed by atoms with Gasteiger partial charge in [0.2, 0.25) is 5.96 Å². The highest BCUT2D eigenvalue weighted by molar-refractivity contribution is 5.79. The van der Waals surface area contributed by atoms with Gasteiger partial charge in [-0.25, -0.2) is 4.98 Å². The van der Waals surface area contributed by atoms with Crippen LogP contribution in [-0.2, 0) is 0 Å². The summed E-state index contributed by atoms with van der Waals surface area (Å²) in [5.41, 5.74) is 5.68. The summed E-state index contributed by atoms with van der Waals surface area (Å²) in [6, 6.07) is 0. The van der Waals surface area contributed by atoms with E-state index in [1.807, 2.05) is 4.90 Å². The summed E-state index contributed by atoms with van der Waals surface area (Å²) >= 11 is 0. The predicted octanol–water partition coefficient (Wildman–Crippen LogP) is 0.706. The Balaban J connectivity index is 2.22. The molecule has 1 aliphatic rings. The van der Waals surface area contributed by atoms with Crippen LogP contribution in [0.25, 0.3) is 0 Å². The highest BCUT2D eigenvalue weighted by Crippen LogP contribution is 2.22. The lowest BCUT2D eigenvalue weighted by Crippen LogP contribution is -2.47. The third-order valence-electron chi connectivity index (χ3n) is 3.77. The van der Waals surface area contributed by atoms with Crippen LogP contribution in [0.15, 0.2) is 12.4 Å². The zero-order valence-corrected chi connectivity index (χ0v) is 10.8. The van der Waals surface area contributed by atoms with Crippen molar-refractivity contribution in [3.63, 3.8) is 0 Å². The van der Waals surface area contributed by atoms with Crippen LogP contribution in [0.2, 0.25) is 0 Å². The molecular formula is C12H20N6. The first-order valence-electron chi connectivity index (χ1n) is 6.22. The molecule has 0 saturated carbocycles. The molecule has 1 aromatic rings. The molecule has 1 aliphatic heterocycles. The number of likely N-dealkylation sites (tertiary alicyclic amines) is 1. The monoisotopic (exact) mass is 248 g/mol. The third-order valence-corrected chi connectivity index (χ3v) is 3.77. The van der Waals surface area contributed by atoms with Gasteiger partial charge in [0.25, 0.3) is 0 Å². The van der Waals surface area contributed by atoms with Crippen LogP contribution >= 0.6 is 0 Å². The van der Waals surface area contributed by atoms with E-state index in [9.17, 15) is 0 Å². The average Bonchev–Trinajstić information content (AvgIpc) is 2.35. The Kier molecular flexibility index (Phi) is 3.36. The second-order valence-corrected chi connectivity index (χ2v) is 5.04. The Labute approximate surface area is 106 Å². The zero-order chi connectivity index (χ0) is 13.3. The van der Waals surface area contributed by atoms with Crippen LogP contribution in [0.5, 0.6) is 0 Å². The molecule has 2 atom stereocenters. The van der Waals surface area contributed by atoms with E-state index >= 15 is 0 Å². The van der Waals surface area contributed by atoms with E-state index in [2.05, 4.69) is 18.8 Å². The van der Waals surface area contributed by atoms with E-state index in [1.165, 1.54) is 10.8 Å². The van der Waals surface area contributed by atoms with Crippen LogP contribution in [0.1, 0.15) is 20.3 Å². The van der Waals surface area contributed by atoms with Gasteiger partial charge in [0.15, 0.2) is 11.3 Å². The summed E-state index contributed by atoms with van der Waals surface area (Å²) in [5, 5.41) is 16.0. The second-order valence-electron chi connectivity index (χ2n) is 5.04. The number of hydrogen-bond donors (Lipinski definition) is 3. The highest BCUT2D eigenvalue weighted by atomic mass is 15.3. The van der Waals surface area contributed by atoms with E-state index < -0.39 is 0 Å². The lowest BCUT2D eigenvalue weighted by atomic mass is 9.89. The summed E-state index contributed by atoms with van der Waals surface area (Å²) in [7, 11) is 0. The fourth-order valence-electron chi connectivity index (χ4n) is 2.22. The fraction of sp³-hybridized carbons (Fsp3) is 0.583. The van der Waals surface area contributed by atoms with Crippen LogP contribution in [-0.4, -0.2) is 33.5 Å². The number of aromatic nitrogens is 2. The molecule has 4 N–H and O–H groups in total. The van der Waals surface area contributed by atoms with E-state index in [0.717, 1.165) is 19.5 Å². The van der Waals surface area contributed by atoms with Crippen molar-refractivity contribution in [2.75, 3.05) is 18.8 Å². The van der Waals surface area contributed by atoms with E-state index in [-0.39, 0.29) is 11.3 Å². The van der Waals surface area contributed by atoms with Crippen molar-refractivity contribution in [2.45, 2.75) is 20.3 Å². The first kappa shape index (κ1) is 12.6. The van der Waals surface area contributed by atoms with Crippen molar-refractivity contribution in [3.8, 4) is 0 Å². The molecule has 2 heterocycles. The Morgan fingerprint density at radius 3 is 2.83 bits per heavy atom. The number of nitrogens with zero attached hydrogens (tertiary/aromatic N) is 3. The van der Waals surface area contributed by atoms with Crippen molar-refractivity contribution in [1.29, 1.82) is 10.8 Å². The van der Waals surface area contributed by atoms with Crippen molar-refractivity contribution in [3.05, 3.63) is 17.9 Å². The van der Waals surface area contributed by atoms with Gasteiger partial charge in [-0.15, -0.1) is 0 Å². The number of nitrogens with two attached hydrogens (primary N) is 1. The van der Waals surface area contributed by atoms with Gasteiger partial charge in [-0.3, -0.25) is 15.4 Å². The Morgan fingerprint density at radius 1 is 1.44 bits per heavy atom. The summed E-state index contributed by atoms with van der Waals surface area (Å²) in [6.07, 6.45) is 4.22. The number of anilines is 1. The minimum atomic E-state index is 0.0776. The van der Waals surface area contributed by atoms with Crippen molar-refractivity contribution in [2.24, 2.45) is 11.8 Å². The van der Waals surface area contributed by atoms with Crippen LogP contribution < -0.4 is 11.2 Å². The predicted molar refractivity (Wildman–Crippen MR) is 70.1 cm³/mol. The maximum Gasteiger partial charge on any atom is 0.203 e. The summed E-state index contributed by atoms with van der Waals surface area (Å²) < 4.78 is 1.48. The maximum atomic E-state index is 8.20. The normalized spacial score (nSPS) is 24.0. The van der Waals surface area contributed by atoms with Crippen LogP contribution in [0, 0.1) is 22.7 Å². The fourth-order valence-corrected chi connectivity index (χ4v) is 2.22. The number of rotatable bonds is 0. The molecule has 0 spiro atoms. The van der Waals surface area contributed by atoms with Gasteiger partial charge >= 0.3 is 0 Å². The first-order chi connectivity index (χ1) is 8.50. The van der Waals surface area contributed by atoms with Gasteiger partial charge in [0.05, 0.1) is 0 Å². The molecule has 1 aromatic heterocycles. The zero-order valence-electron chi connectivity index (χ0n) is 10.8. The molecule has 2 rings (SSSR count). The highest BCUT2D eigenvalue weighted by Gasteiger charge is 2.25. The Bertz CT molecular complexity index is 506. The SMILES string of the molecule is CC1CCN(C(=N)n2ccnc(N)c2=N)CC1C. The molecule has 0 aromatic carbocycles. The number of hydrogen-bond acceptors (Lipinski definition) is 4. The molecule has 0 amide bonds. The molecule has 0 aliphatic carbocycles. The smallest absolute Gasteiger partial charge is 0.203 e. The van der Waals surface area contributed by atoms with Gasteiger partial charge in [-0.05, 0) is 18.3 Å². The van der Waals surface area contributed by atoms with Crippen molar-refractivity contribution < 1.29 is 0 Å². The largest absolute Gasteiger partial charge is 0.381 e. The summed E-state index contributed by atoms with van der Waals surface area (Å²) in [5.74, 6) is 1.72. The first-order valence-corrected chi connectivity index (χ1v) is 6.22. The molecule has 6 nitrogen and oxygen atoms in total. The molecule has 0 bridgehead atoms. The van der Waals surface area contributed by atoms with Gasteiger partial charge < -0.3 is 10.6 Å². The second kappa shape index (κ2) is 4.80. The lowest BCUT2D eigenvalue weighted by molar-refractivity contribution is 0.199. The summed E-state index contributed by atoms with van der Waals surface area (Å²) in [6.45, 7) is 6.17. The van der Waals surface area contributed by atoms with E-state index in [0.29, 0.717) is 17.8 Å². The lowest BCUT2D eigenvalue weighted by Gasteiger charge is -2.36. The Hall–Kier alpha value is -1.85. The molecule has 1 saturated heterocycles. The van der Waals surface area contributed by atoms with E-state index in [4.69, 9.17) is 16.6 Å². The van der Waals surface area contributed by atoms with Crippen LogP contribution in [0.4, 0.5) is 5.82 Å². The summed E-state index contributed by atoms with van der Waals surface area (Å²) in [4.78, 5) is 5.85. The number of nitrogen functional groups attached to an aromatic ring is 1. The minimum absolute atomic E-state index is 0.0776. The van der Waals surface area contributed by atoms with E-state index in [1.54, 1.807) is 6.20 Å². The third kappa shape index (κ3) is 2.23.